The quantitative estimate of drug-likeness (QED) is 0.799. The molecule has 0 saturated heterocycles. The van der Waals surface area contributed by atoms with Crippen LogP contribution in [-0.4, -0.2) is 36.0 Å². The molecule has 0 spiro atoms. The SMILES string of the molecule is COc1ccc(NC(=O)CSC(F)(F)F)cc1NC(=O)OC(C)(C)C. The minimum atomic E-state index is -4.49. The number of methoxy groups -OCH3 is 1. The van der Waals surface area contributed by atoms with E-state index in [-0.39, 0.29) is 11.4 Å². The summed E-state index contributed by atoms with van der Waals surface area (Å²) >= 11 is -0.437. The number of amides is 2. The highest BCUT2D eigenvalue weighted by molar-refractivity contribution is 8.00. The van der Waals surface area contributed by atoms with Gasteiger partial charge in [0.05, 0.1) is 18.6 Å². The lowest BCUT2D eigenvalue weighted by molar-refractivity contribution is -0.114. The second-order valence-electron chi connectivity index (χ2n) is 5.82. The summed E-state index contributed by atoms with van der Waals surface area (Å²) in [5.41, 5.74) is -4.78. The Hall–Kier alpha value is -2.10. The van der Waals surface area contributed by atoms with Gasteiger partial charge >= 0.3 is 11.6 Å². The molecule has 25 heavy (non-hydrogen) atoms. The monoisotopic (exact) mass is 380 g/mol. The molecule has 0 saturated carbocycles. The molecule has 0 radical (unpaired) electrons. The van der Waals surface area contributed by atoms with Gasteiger partial charge in [-0.25, -0.2) is 4.79 Å². The third-order valence-electron chi connectivity index (χ3n) is 2.49. The van der Waals surface area contributed by atoms with Gasteiger partial charge in [0.1, 0.15) is 11.4 Å². The molecule has 0 aliphatic heterocycles. The molecule has 10 heteroatoms. The van der Waals surface area contributed by atoms with E-state index in [4.69, 9.17) is 9.47 Å². The Bertz CT molecular complexity index is 630. The molecular formula is C15H19F3N2O4S. The standard InChI is InChI=1S/C15H19F3N2O4S/c1-14(2,3)24-13(22)20-10-7-9(5-6-11(10)23-4)19-12(21)8-25-15(16,17)18/h5-7H,8H2,1-4H3,(H,19,21)(H,20,22). The molecule has 2 amide bonds. The molecule has 0 aliphatic rings. The Labute approximate surface area is 147 Å². The van der Waals surface area contributed by atoms with Crippen molar-refractivity contribution in [2.45, 2.75) is 31.9 Å². The fourth-order valence-electron chi connectivity index (χ4n) is 1.64. The number of anilines is 2. The van der Waals surface area contributed by atoms with Crippen LogP contribution in [0.5, 0.6) is 5.75 Å². The minimum absolute atomic E-state index is 0.207. The molecule has 0 heterocycles. The van der Waals surface area contributed by atoms with Crippen molar-refractivity contribution in [2.24, 2.45) is 0 Å². The van der Waals surface area contributed by atoms with Crippen molar-refractivity contribution in [2.75, 3.05) is 23.5 Å². The van der Waals surface area contributed by atoms with Gasteiger partial charge in [-0.15, -0.1) is 0 Å². The van der Waals surface area contributed by atoms with Crippen molar-refractivity contribution < 1.29 is 32.2 Å². The lowest BCUT2D eigenvalue weighted by Gasteiger charge is -2.20. The smallest absolute Gasteiger partial charge is 0.442 e. The van der Waals surface area contributed by atoms with Crippen molar-refractivity contribution in [1.82, 2.24) is 0 Å². The van der Waals surface area contributed by atoms with Crippen LogP contribution >= 0.6 is 11.8 Å². The Balaban J connectivity index is 2.81. The van der Waals surface area contributed by atoms with E-state index in [1.165, 1.54) is 25.3 Å². The van der Waals surface area contributed by atoms with Crippen molar-refractivity contribution in [3.63, 3.8) is 0 Å². The first-order valence-corrected chi connectivity index (χ1v) is 8.07. The van der Waals surface area contributed by atoms with Crippen LogP contribution < -0.4 is 15.4 Å². The average Bonchev–Trinajstić information content (AvgIpc) is 2.42. The van der Waals surface area contributed by atoms with E-state index in [9.17, 15) is 22.8 Å². The number of benzene rings is 1. The molecule has 0 aliphatic carbocycles. The summed E-state index contributed by atoms with van der Waals surface area (Å²) in [6.07, 6.45) is -0.734. The van der Waals surface area contributed by atoms with Gasteiger partial charge in [-0.2, -0.15) is 13.2 Å². The van der Waals surface area contributed by atoms with Gasteiger partial charge in [0.25, 0.3) is 0 Å². The van der Waals surface area contributed by atoms with Crippen LogP contribution in [0.1, 0.15) is 20.8 Å². The maximum absolute atomic E-state index is 12.1. The van der Waals surface area contributed by atoms with Gasteiger partial charge in [-0.3, -0.25) is 10.1 Å². The number of hydrogen-bond acceptors (Lipinski definition) is 5. The van der Waals surface area contributed by atoms with E-state index in [1.54, 1.807) is 20.8 Å². The predicted molar refractivity (Wildman–Crippen MR) is 90.0 cm³/mol. The van der Waals surface area contributed by atoms with Crippen LogP contribution in [0.3, 0.4) is 0 Å². The summed E-state index contributed by atoms with van der Waals surface area (Å²) in [7, 11) is 1.38. The number of carbonyl (C=O) groups is 2. The number of rotatable bonds is 5. The molecule has 0 unspecified atom stereocenters. The van der Waals surface area contributed by atoms with Crippen molar-refractivity contribution in [3.05, 3.63) is 18.2 Å². The number of carbonyl (C=O) groups excluding carboxylic acids is 2. The van der Waals surface area contributed by atoms with E-state index < -0.39 is 40.6 Å². The fraction of sp³-hybridized carbons (Fsp3) is 0.467. The first kappa shape index (κ1) is 20.9. The number of ether oxygens (including phenoxy) is 2. The van der Waals surface area contributed by atoms with Crippen LogP contribution in [-0.2, 0) is 9.53 Å². The van der Waals surface area contributed by atoms with Gasteiger partial charge in [0.2, 0.25) is 5.91 Å². The maximum Gasteiger partial charge on any atom is 0.442 e. The molecule has 0 aromatic heterocycles. The van der Waals surface area contributed by atoms with Crippen LogP contribution in [0, 0.1) is 0 Å². The molecule has 6 nitrogen and oxygen atoms in total. The number of alkyl halides is 3. The zero-order valence-corrected chi connectivity index (χ0v) is 14.9. The second-order valence-corrected chi connectivity index (χ2v) is 6.86. The van der Waals surface area contributed by atoms with E-state index in [0.717, 1.165) is 0 Å². The molecule has 1 aromatic carbocycles. The fourth-order valence-corrected chi connectivity index (χ4v) is 2.01. The van der Waals surface area contributed by atoms with Crippen LogP contribution in [0.2, 0.25) is 0 Å². The van der Waals surface area contributed by atoms with E-state index in [0.29, 0.717) is 5.75 Å². The number of nitrogens with one attached hydrogen (secondary N) is 2. The first-order valence-electron chi connectivity index (χ1n) is 7.08. The van der Waals surface area contributed by atoms with E-state index in [1.807, 2.05) is 0 Å². The Morgan fingerprint density at radius 2 is 1.80 bits per heavy atom. The largest absolute Gasteiger partial charge is 0.495 e. The summed E-state index contributed by atoms with van der Waals surface area (Å²) in [5, 5.41) is 4.79. The highest BCUT2D eigenvalue weighted by Gasteiger charge is 2.29. The molecular weight excluding hydrogens is 361 g/mol. The molecule has 2 N–H and O–H groups in total. The number of thioether (sulfide) groups is 1. The summed E-state index contributed by atoms with van der Waals surface area (Å²) in [6.45, 7) is 5.08. The Morgan fingerprint density at radius 1 is 1.16 bits per heavy atom. The molecule has 140 valence electrons. The van der Waals surface area contributed by atoms with Crippen LogP contribution in [0.4, 0.5) is 29.3 Å². The molecule has 0 bridgehead atoms. The topological polar surface area (TPSA) is 76.7 Å². The van der Waals surface area contributed by atoms with Crippen LogP contribution in [0.25, 0.3) is 0 Å². The zero-order valence-electron chi connectivity index (χ0n) is 14.1. The van der Waals surface area contributed by atoms with Crippen molar-refractivity contribution in [1.29, 1.82) is 0 Å². The van der Waals surface area contributed by atoms with Crippen molar-refractivity contribution >= 4 is 35.1 Å². The summed E-state index contributed by atoms with van der Waals surface area (Å²) < 4.78 is 46.5. The predicted octanol–water partition coefficient (Wildman–Crippen LogP) is 4.23. The third kappa shape index (κ3) is 8.52. The molecule has 0 atom stereocenters. The Kier molecular flexibility index (Phi) is 6.97. The highest BCUT2D eigenvalue weighted by atomic mass is 32.2. The van der Waals surface area contributed by atoms with Gasteiger partial charge in [-0.05, 0) is 50.7 Å². The molecule has 1 rings (SSSR count). The lowest BCUT2D eigenvalue weighted by atomic mass is 10.2. The van der Waals surface area contributed by atoms with Gasteiger partial charge < -0.3 is 14.8 Å². The third-order valence-corrected chi connectivity index (χ3v) is 3.22. The maximum atomic E-state index is 12.1. The average molecular weight is 380 g/mol. The summed E-state index contributed by atoms with van der Waals surface area (Å²) in [5.74, 6) is -1.30. The summed E-state index contributed by atoms with van der Waals surface area (Å²) in [6, 6.07) is 4.26. The van der Waals surface area contributed by atoms with Gasteiger partial charge in [0.15, 0.2) is 0 Å². The molecule has 1 aromatic rings. The van der Waals surface area contributed by atoms with Gasteiger partial charge in [-0.1, -0.05) is 0 Å². The van der Waals surface area contributed by atoms with E-state index >= 15 is 0 Å². The van der Waals surface area contributed by atoms with E-state index in [2.05, 4.69) is 10.6 Å². The number of halogens is 3. The molecule has 0 fully saturated rings. The lowest BCUT2D eigenvalue weighted by Crippen LogP contribution is -2.27. The first-order chi connectivity index (χ1) is 11.4. The highest BCUT2D eigenvalue weighted by Crippen LogP contribution is 2.31. The summed E-state index contributed by atoms with van der Waals surface area (Å²) in [4.78, 5) is 23.4. The Morgan fingerprint density at radius 3 is 2.32 bits per heavy atom. The van der Waals surface area contributed by atoms with Crippen molar-refractivity contribution in [3.8, 4) is 5.75 Å². The minimum Gasteiger partial charge on any atom is -0.495 e. The van der Waals surface area contributed by atoms with Gasteiger partial charge in [0, 0.05) is 5.69 Å². The second kappa shape index (κ2) is 8.32. The van der Waals surface area contributed by atoms with Crippen LogP contribution in [0.15, 0.2) is 18.2 Å². The zero-order chi connectivity index (χ0) is 19.3. The normalized spacial score (nSPS) is 11.6. The number of hydrogen-bond donors (Lipinski definition) is 2.